The Morgan fingerprint density at radius 2 is 1.81 bits per heavy atom. The Balaban J connectivity index is 1.69. The summed E-state index contributed by atoms with van der Waals surface area (Å²) in [6, 6.07) is 0. The second-order valence-electron chi connectivity index (χ2n) is 8.57. The Hall–Kier alpha value is -0.630. The summed E-state index contributed by atoms with van der Waals surface area (Å²) in [5.41, 5.74) is 1.81. The SMILES string of the molecule is CC12CCC3C(CC=C4C[C@@H](O)CCC43C)C1CCC2=O. The number of carbonyl (C=O) groups excluding carboxylic acids is 1. The molecule has 21 heavy (non-hydrogen) atoms. The standard InChI is InChI=1S/C19H28O2/c1-18-9-7-13(20)11-12(18)3-4-14-15-5-6-17(21)19(15,2)10-8-16(14)18/h3,13-16,20H,4-11H2,1-2H3/t13-,14?,15?,16?,18?,19?/m0/s1. The van der Waals surface area contributed by atoms with Gasteiger partial charge >= 0.3 is 0 Å². The molecular weight excluding hydrogens is 260 g/mol. The number of hydrogen-bond donors (Lipinski definition) is 1. The summed E-state index contributed by atoms with van der Waals surface area (Å²) in [5.74, 6) is 2.60. The fourth-order valence-corrected chi connectivity index (χ4v) is 6.41. The van der Waals surface area contributed by atoms with Crippen LogP contribution in [-0.2, 0) is 4.79 Å². The maximum Gasteiger partial charge on any atom is 0.139 e. The molecule has 0 bridgehead atoms. The average Bonchev–Trinajstić information content (AvgIpc) is 2.76. The molecule has 0 radical (unpaired) electrons. The zero-order chi connectivity index (χ0) is 14.8. The summed E-state index contributed by atoms with van der Waals surface area (Å²) in [6.07, 6.45) is 10.7. The third kappa shape index (κ3) is 1.78. The molecule has 1 N–H and O–H groups in total. The van der Waals surface area contributed by atoms with Gasteiger partial charge in [-0.15, -0.1) is 0 Å². The highest BCUT2D eigenvalue weighted by Crippen LogP contribution is 2.63. The van der Waals surface area contributed by atoms with Gasteiger partial charge in [-0.1, -0.05) is 25.5 Å². The van der Waals surface area contributed by atoms with Crippen LogP contribution in [0.25, 0.3) is 0 Å². The Bertz CT molecular complexity index is 508. The molecule has 0 aromatic carbocycles. The van der Waals surface area contributed by atoms with E-state index in [1.165, 1.54) is 12.0 Å². The van der Waals surface area contributed by atoms with Crippen LogP contribution in [0.5, 0.6) is 0 Å². The molecule has 0 saturated heterocycles. The van der Waals surface area contributed by atoms with Gasteiger partial charge in [0.15, 0.2) is 0 Å². The predicted octanol–water partition coefficient (Wildman–Crippen LogP) is 3.88. The van der Waals surface area contributed by atoms with Crippen molar-refractivity contribution in [3.63, 3.8) is 0 Å². The van der Waals surface area contributed by atoms with E-state index < -0.39 is 0 Å². The number of Topliss-reactive ketones (excluding diaryl/α,β-unsaturated/α-hetero) is 1. The number of aliphatic hydroxyl groups excluding tert-OH is 1. The smallest absolute Gasteiger partial charge is 0.139 e. The van der Waals surface area contributed by atoms with Crippen LogP contribution < -0.4 is 0 Å². The highest BCUT2D eigenvalue weighted by Gasteiger charge is 2.58. The van der Waals surface area contributed by atoms with Crippen molar-refractivity contribution in [2.45, 2.75) is 71.3 Å². The van der Waals surface area contributed by atoms with Crippen molar-refractivity contribution < 1.29 is 9.90 Å². The molecule has 116 valence electrons. The number of ketones is 1. The molecule has 2 nitrogen and oxygen atoms in total. The van der Waals surface area contributed by atoms with Gasteiger partial charge in [-0.3, -0.25) is 4.79 Å². The first-order valence-electron chi connectivity index (χ1n) is 8.86. The molecule has 4 aliphatic carbocycles. The highest BCUT2D eigenvalue weighted by molar-refractivity contribution is 5.87. The number of carbonyl (C=O) groups is 1. The van der Waals surface area contributed by atoms with Gasteiger partial charge in [-0.25, -0.2) is 0 Å². The van der Waals surface area contributed by atoms with Gasteiger partial charge < -0.3 is 5.11 Å². The minimum Gasteiger partial charge on any atom is -0.393 e. The molecule has 0 aliphatic heterocycles. The van der Waals surface area contributed by atoms with Crippen LogP contribution in [-0.4, -0.2) is 17.0 Å². The fraction of sp³-hybridized carbons (Fsp3) is 0.842. The number of hydrogen-bond acceptors (Lipinski definition) is 2. The molecule has 0 aromatic rings. The second kappa shape index (κ2) is 4.44. The van der Waals surface area contributed by atoms with Crippen LogP contribution in [0.3, 0.4) is 0 Å². The van der Waals surface area contributed by atoms with E-state index in [9.17, 15) is 9.90 Å². The van der Waals surface area contributed by atoms with Crippen LogP contribution in [0.2, 0.25) is 0 Å². The van der Waals surface area contributed by atoms with Gasteiger partial charge in [-0.05, 0) is 68.1 Å². The topological polar surface area (TPSA) is 37.3 Å². The first kappa shape index (κ1) is 14.0. The van der Waals surface area contributed by atoms with Gasteiger partial charge in [0, 0.05) is 11.8 Å². The van der Waals surface area contributed by atoms with Crippen LogP contribution in [0.4, 0.5) is 0 Å². The van der Waals surface area contributed by atoms with Crippen molar-refractivity contribution in [1.82, 2.24) is 0 Å². The maximum absolute atomic E-state index is 12.4. The van der Waals surface area contributed by atoms with Gasteiger partial charge in [0.25, 0.3) is 0 Å². The van der Waals surface area contributed by atoms with E-state index in [-0.39, 0.29) is 11.5 Å². The number of allylic oxidation sites excluding steroid dienone is 1. The number of fused-ring (bicyclic) bond motifs is 5. The first-order valence-corrected chi connectivity index (χ1v) is 8.86. The van der Waals surface area contributed by atoms with Crippen molar-refractivity contribution >= 4 is 5.78 Å². The lowest BCUT2D eigenvalue weighted by molar-refractivity contribution is -0.132. The third-order valence-electron chi connectivity index (χ3n) is 7.79. The van der Waals surface area contributed by atoms with E-state index in [4.69, 9.17) is 0 Å². The van der Waals surface area contributed by atoms with Crippen LogP contribution in [0, 0.1) is 28.6 Å². The lowest BCUT2D eigenvalue weighted by atomic mass is 9.48. The van der Waals surface area contributed by atoms with E-state index in [2.05, 4.69) is 19.9 Å². The molecule has 4 rings (SSSR count). The molecule has 5 unspecified atom stereocenters. The molecule has 3 saturated carbocycles. The summed E-state index contributed by atoms with van der Waals surface area (Å²) in [7, 11) is 0. The molecule has 6 atom stereocenters. The third-order valence-corrected chi connectivity index (χ3v) is 7.79. The van der Waals surface area contributed by atoms with Gasteiger partial charge in [0.2, 0.25) is 0 Å². The molecule has 4 aliphatic rings. The lowest BCUT2D eigenvalue weighted by Crippen LogP contribution is -2.50. The highest BCUT2D eigenvalue weighted by atomic mass is 16.3. The Morgan fingerprint density at radius 1 is 1.10 bits per heavy atom. The summed E-state index contributed by atoms with van der Waals surface area (Å²) < 4.78 is 0. The fourth-order valence-electron chi connectivity index (χ4n) is 6.41. The van der Waals surface area contributed by atoms with Gasteiger partial charge in [0.05, 0.1) is 6.10 Å². The van der Waals surface area contributed by atoms with Crippen LogP contribution >= 0.6 is 0 Å². The molecular formula is C19H28O2. The maximum atomic E-state index is 12.4. The minimum absolute atomic E-state index is 0.0168. The zero-order valence-corrected chi connectivity index (χ0v) is 13.4. The molecule has 0 aromatic heterocycles. The monoisotopic (exact) mass is 288 g/mol. The van der Waals surface area contributed by atoms with E-state index in [1.807, 2.05) is 0 Å². The van der Waals surface area contributed by atoms with Crippen molar-refractivity contribution in [3.05, 3.63) is 11.6 Å². The quantitative estimate of drug-likeness (QED) is 0.687. The summed E-state index contributed by atoms with van der Waals surface area (Å²) >= 11 is 0. The summed E-state index contributed by atoms with van der Waals surface area (Å²) in [6.45, 7) is 4.69. The predicted molar refractivity (Wildman–Crippen MR) is 82.7 cm³/mol. The molecule has 0 spiro atoms. The van der Waals surface area contributed by atoms with Crippen LogP contribution in [0.1, 0.15) is 65.2 Å². The van der Waals surface area contributed by atoms with Gasteiger partial charge in [0.1, 0.15) is 5.78 Å². The molecule has 2 heteroatoms. The Morgan fingerprint density at radius 3 is 2.62 bits per heavy atom. The Kier molecular flexibility index (Phi) is 2.96. The normalized spacial score (nSPS) is 52.7. The molecule has 0 heterocycles. The molecule has 3 fully saturated rings. The number of aliphatic hydroxyl groups is 1. The second-order valence-corrected chi connectivity index (χ2v) is 8.57. The van der Waals surface area contributed by atoms with Crippen molar-refractivity contribution in [3.8, 4) is 0 Å². The Labute approximate surface area is 128 Å². The summed E-state index contributed by atoms with van der Waals surface area (Å²) in [5, 5.41) is 10.00. The average molecular weight is 288 g/mol. The van der Waals surface area contributed by atoms with Crippen molar-refractivity contribution in [2.75, 3.05) is 0 Å². The van der Waals surface area contributed by atoms with Crippen molar-refractivity contribution in [1.29, 1.82) is 0 Å². The first-order chi connectivity index (χ1) is 9.95. The molecule has 0 amide bonds. The van der Waals surface area contributed by atoms with Crippen molar-refractivity contribution in [2.24, 2.45) is 28.6 Å². The van der Waals surface area contributed by atoms with Crippen LogP contribution in [0.15, 0.2) is 11.6 Å². The summed E-state index contributed by atoms with van der Waals surface area (Å²) in [4.78, 5) is 12.4. The van der Waals surface area contributed by atoms with E-state index >= 15 is 0 Å². The zero-order valence-electron chi connectivity index (χ0n) is 13.4. The van der Waals surface area contributed by atoms with Gasteiger partial charge in [-0.2, -0.15) is 0 Å². The van der Waals surface area contributed by atoms with E-state index in [0.717, 1.165) is 50.9 Å². The van der Waals surface area contributed by atoms with E-state index in [0.29, 0.717) is 23.0 Å². The van der Waals surface area contributed by atoms with E-state index in [1.54, 1.807) is 0 Å². The number of rotatable bonds is 0. The minimum atomic E-state index is -0.122. The lowest BCUT2D eigenvalue weighted by Gasteiger charge is -2.56. The largest absolute Gasteiger partial charge is 0.393 e.